The molecule has 0 unspecified atom stereocenters. The molecule has 0 aromatic heterocycles. The summed E-state index contributed by atoms with van der Waals surface area (Å²) < 4.78 is 0. The summed E-state index contributed by atoms with van der Waals surface area (Å²) in [5.41, 5.74) is 1.90. The van der Waals surface area contributed by atoms with E-state index in [-0.39, 0.29) is 22.1 Å². The van der Waals surface area contributed by atoms with Crippen molar-refractivity contribution in [3.8, 4) is 5.75 Å². The number of carboxylic acids is 1. The Morgan fingerprint density at radius 1 is 1.10 bits per heavy atom. The Kier molecular flexibility index (Phi) is 4.48. The molecule has 0 aliphatic carbocycles. The zero-order valence-electron chi connectivity index (χ0n) is 14.5. The molecule has 0 saturated heterocycles. The molecule has 1 aromatic rings. The van der Waals surface area contributed by atoms with Crippen LogP contribution in [0.4, 0.5) is 0 Å². The summed E-state index contributed by atoms with van der Waals surface area (Å²) in [5.74, 6) is -0.817. The van der Waals surface area contributed by atoms with Crippen LogP contribution in [0.5, 0.6) is 5.75 Å². The third kappa shape index (κ3) is 3.07. The number of benzene rings is 1. The van der Waals surface area contributed by atoms with Crippen molar-refractivity contribution in [2.45, 2.75) is 66.2 Å². The van der Waals surface area contributed by atoms with E-state index in [1.807, 2.05) is 26.8 Å². The second kappa shape index (κ2) is 5.36. The summed E-state index contributed by atoms with van der Waals surface area (Å²) in [6.07, 6.45) is 0. The fraction of sp³-hybridized carbons (Fsp3) is 0.611. The highest BCUT2D eigenvalue weighted by Crippen LogP contribution is 2.42. The highest BCUT2D eigenvalue weighted by molar-refractivity contribution is 5.93. The largest absolute Gasteiger partial charge is 0.507 e. The average Bonchev–Trinajstić information content (AvgIpc) is 2.25. The number of hydrogen-bond donors (Lipinski definition) is 2. The van der Waals surface area contributed by atoms with Gasteiger partial charge in [0.25, 0.3) is 0 Å². The van der Waals surface area contributed by atoms with Crippen LogP contribution in [0.3, 0.4) is 0 Å². The maximum absolute atomic E-state index is 11.6. The molecule has 0 heterocycles. The Morgan fingerprint density at radius 3 is 1.90 bits per heavy atom. The molecule has 3 nitrogen and oxygen atoms in total. The van der Waals surface area contributed by atoms with Gasteiger partial charge >= 0.3 is 5.97 Å². The van der Waals surface area contributed by atoms with Gasteiger partial charge in [-0.3, -0.25) is 0 Å². The molecule has 0 aliphatic heterocycles. The van der Waals surface area contributed by atoms with Crippen molar-refractivity contribution in [3.05, 3.63) is 28.3 Å². The first-order chi connectivity index (χ1) is 9.31. The minimum absolute atomic E-state index is 0.0335. The van der Waals surface area contributed by atoms with Gasteiger partial charge in [0.2, 0.25) is 0 Å². The van der Waals surface area contributed by atoms with Crippen molar-refractivity contribution in [2.24, 2.45) is 5.92 Å². The Labute approximate surface area is 128 Å². The highest BCUT2D eigenvalue weighted by atomic mass is 16.4. The predicted molar refractivity (Wildman–Crippen MR) is 86.4 cm³/mol. The molecule has 0 spiro atoms. The molecule has 0 atom stereocenters. The predicted octanol–water partition coefficient (Wildman–Crippen LogP) is 4.63. The van der Waals surface area contributed by atoms with Gasteiger partial charge in [-0.05, 0) is 34.8 Å². The Balaban J connectivity index is 3.84. The van der Waals surface area contributed by atoms with E-state index in [1.54, 1.807) is 6.92 Å². The molecule has 1 rings (SSSR count). The molecule has 3 heteroatoms. The van der Waals surface area contributed by atoms with Crippen LogP contribution in [0.2, 0.25) is 0 Å². The smallest absolute Gasteiger partial charge is 0.339 e. The van der Waals surface area contributed by atoms with E-state index < -0.39 is 5.97 Å². The normalized spacial score (nSPS) is 12.8. The van der Waals surface area contributed by atoms with Crippen LogP contribution in [-0.4, -0.2) is 16.2 Å². The molecule has 0 aliphatic rings. The minimum atomic E-state index is -1.07. The maximum Gasteiger partial charge on any atom is 0.339 e. The lowest BCUT2D eigenvalue weighted by Gasteiger charge is -2.34. The van der Waals surface area contributed by atoms with E-state index in [1.165, 1.54) is 0 Å². The molecule has 0 amide bonds. The van der Waals surface area contributed by atoms with Crippen LogP contribution in [0.25, 0.3) is 0 Å². The maximum atomic E-state index is 11.6. The molecule has 0 radical (unpaired) electrons. The summed E-state index contributed by atoms with van der Waals surface area (Å²) in [6, 6.07) is 1.98. The summed E-state index contributed by atoms with van der Waals surface area (Å²) in [5, 5.41) is 19.9. The van der Waals surface area contributed by atoms with Gasteiger partial charge in [0.15, 0.2) is 0 Å². The summed E-state index contributed by atoms with van der Waals surface area (Å²) in [6.45, 7) is 16.2. The van der Waals surface area contributed by atoms with E-state index in [0.717, 1.165) is 5.56 Å². The van der Waals surface area contributed by atoms with E-state index in [0.29, 0.717) is 17.0 Å². The van der Waals surface area contributed by atoms with Crippen molar-refractivity contribution >= 4 is 5.97 Å². The standard InChI is InChI=1S/C18H28O3/c1-10(2)18(7,8)12-9-13(17(4,5)6)15(19)14(11(12)3)16(20)21/h9-10,19H,1-8H3,(H,20,21). The van der Waals surface area contributed by atoms with Gasteiger partial charge in [0.05, 0.1) is 0 Å². The van der Waals surface area contributed by atoms with E-state index in [2.05, 4.69) is 27.7 Å². The number of hydrogen-bond acceptors (Lipinski definition) is 2. The number of rotatable bonds is 3. The summed E-state index contributed by atoms with van der Waals surface area (Å²) in [7, 11) is 0. The topological polar surface area (TPSA) is 57.5 Å². The lowest BCUT2D eigenvalue weighted by Crippen LogP contribution is -2.28. The first kappa shape index (κ1) is 17.5. The third-order valence-corrected chi connectivity index (χ3v) is 4.72. The van der Waals surface area contributed by atoms with Gasteiger partial charge < -0.3 is 10.2 Å². The zero-order valence-corrected chi connectivity index (χ0v) is 14.5. The molecule has 0 fully saturated rings. The summed E-state index contributed by atoms with van der Waals surface area (Å²) >= 11 is 0. The molecular formula is C18H28O3. The van der Waals surface area contributed by atoms with Crippen LogP contribution in [-0.2, 0) is 10.8 Å². The molecule has 1 aromatic carbocycles. The van der Waals surface area contributed by atoms with Gasteiger partial charge in [0.1, 0.15) is 11.3 Å². The minimum Gasteiger partial charge on any atom is -0.507 e. The van der Waals surface area contributed by atoms with E-state index >= 15 is 0 Å². The Bertz CT molecular complexity index is 561. The van der Waals surface area contributed by atoms with Gasteiger partial charge in [0, 0.05) is 5.56 Å². The number of carbonyl (C=O) groups is 1. The first-order valence-corrected chi connectivity index (χ1v) is 7.42. The molecule has 0 saturated carbocycles. The van der Waals surface area contributed by atoms with Crippen LogP contribution in [0.15, 0.2) is 6.07 Å². The van der Waals surface area contributed by atoms with Crippen molar-refractivity contribution in [2.75, 3.05) is 0 Å². The van der Waals surface area contributed by atoms with Crippen molar-refractivity contribution < 1.29 is 15.0 Å². The second-order valence-corrected chi connectivity index (χ2v) is 7.75. The van der Waals surface area contributed by atoms with Crippen molar-refractivity contribution in [1.29, 1.82) is 0 Å². The molecule has 118 valence electrons. The highest BCUT2D eigenvalue weighted by Gasteiger charge is 2.33. The Hall–Kier alpha value is -1.51. The zero-order chi connectivity index (χ0) is 16.7. The second-order valence-electron chi connectivity index (χ2n) is 7.75. The van der Waals surface area contributed by atoms with Gasteiger partial charge in [-0.15, -0.1) is 0 Å². The molecule has 21 heavy (non-hydrogen) atoms. The number of phenols is 1. The summed E-state index contributed by atoms with van der Waals surface area (Å²) in [4.78, 5) is 11.6. The van der Waals surface area contributed by atoms with Crippen LogP contribution in [0, 0.1) is 12.8 Å². The monoisotopic (exact) mass is 292 g/mol. The quantitative estimate of drug-likeness (QED) is 0.854. The lowest BCUT2D eigenvalue weighted by molar-refractivity contribution is 0.0692. The van der Waals surface area contributed by atoms with Crippen LogP contribution >= 0.6 is 0 Å². The fourth-order valence-corrected chi connectivity index (χ4v) is 2.58. The number of aromatic carboxylic acids is 1. The van der Waals surface area contributed by atoms with Crippen LogP contribution < -0.4 is 0 Å². The van der Waals surface area contributed by atoms with Gasteiger partial charge in [-0.2, -0.15) is 0 Å². The number of carboxylic acid groups (broad SMARTS) is 1. The lowest BCUT2D eigenvalue weighted by atomic mass is 9.70. The van der Waals surface area contributed by atoms with Crippen LogP contribution in [0.1, 0.15) is 75.5 Å². The first-order valence-electron chi connectivity index (χ1n) is 7.42. The fourth-order valence-electron chi connectivity index (χ4n) is 2.58. The van der Waals surface area contributed by atoms with Gasteiger partial charge in [-0.25, -0.2) is 4.79 Å². The van der Waals surface area contributed by atoms with Crippen molar-refractivity contribution in [1.82, 2.24) is 0 Å². The molecule has 2 N–H and O–H groups in total. The van der Waals surface area contributed by atoms with Gasteiger partial charge in [-0.1, -0.05) is 54.5 Å². The molecule has 0 bridgehead atoms. The number of aromatic hydroxyl groups is 1. The van der Waals surface area contributed by atoms with Crippen molar-refractivity contribution in [3.63, 3.8) is 0 Å². The van der Waals surface area contributed by atoms with E-state index in [4.69, 9.17) is 0 Å². The SMILES string of the molecule is Cc1c(C(C)(C)C(C)C)cc(C(C)(C)C)c(O)c1C(=O)O. The Morgan fingerprint density at radius 2 is 1.57 bits per heavy atom. The molecular weight excluding hydrogens is 264 g/mol. The van der Waals surface area contributed by atoms with E-state index in [9.17, 15) is 15.0 Å². The average molecular weight is 292 g/mol. The third-order valence-electron chi connectivity index (χ3n) is 4.72.